The van der Waals surface area contributed by atoms with Crippen molar-refractivity contribution >= 4 is 11.5 Å². The molecule has 5 nitrogen and oxygen atoms in total. The zero-order chi connectivity index (χ0) is 17.1. The summed E-state index contributed by atoms with van der Waals surface area (Å²) in [5.41, 5.74) is 10.7. The van der Waals surface area contributed by atoms with E-state index in [1.54, 1.807) is 0 Å². The van der Waals surface area contributed by atoms with Gasteiger partial charge in [0.15, 0.2) is 0 Å². The summed E-state index contributed by atoms with van der Waals surface area (Å²) < 4.78 is 1.96. The monoisotopic (exact) mass is 322 g/mol. The van der Waals surface area contributed by atoms with E-state index in [4.69, 9.17) is 0 Å². The van der Waals surface area contributed by atoms with Crippen molar-refractivity contribution in [3.05, 3.63) is 77.4 Å². The molecule has 124 valence electrons. The molecular weight excluding hydrogens is 300 g/mol. The van der Waals surface area contributed by atoms with E-state index >= 15 is 0 Å². The standard InChI is InChI=1S/C19H22N4O/c1-22(2)16-8-6-14(7-9-16)19(24)18-11-10-17(23(18)3)13-15-5-4-12-20-21-15/h4-12,20-21H,13H2,1-3H3. The number of nitrogens with one attached hydrogen (secondary N) is 2. The third kappa shape index (κ3) is 3.20. The zero-order valence-corrected chi connectivity index (χ0v) is 14.2. The Morgan fingerprint density at radius 3 is 2.50 bits per heavy atom. The Bertz CT molecular complexity index is 797. The van der Waals surface area contributed by atoms with Gasteiger partial charge in [-0.2, -0.15) is 0 Å². The minimum absolute atomic E-state index is 0.0395. The molecule has 24 heavy (non-hydrogen) atoms. The maximum absolute atomic E-state index is 12.8. The van der Waals surface area contributed by atoms with E-state index < -0.39 is 0 Å². The highest BCUT2D eigenvalue weighted by Gasteiger charge is 2.15. The zero-order valence-electron chi connectivity index (χ0n) is 14.2. The molecule has 0 unspecified atom stereocenters. The van der Waals surface area contributed by atoms with Crippen LogP contribution in [0.5, 0.6) is 0 Å². The Morgan fingerprint density at radius 1 is 1.12 bits per heavy atom. The van der Waals surface area contributed by atoms with Crippen LogP contribution in [0.1, 0.15) is 21.7 Å². The fourth-order valence-electron chi connectivity index (χ4n) is 2.70. The van der Waals surface area contributed by atoms with Gasteiger partial charge in [0.05, 0.1) is 5.69 Å². The van der Waals surface area contributed by atoms with Crippen LogP contribution in [0.4, 0.5) is 5.69 Å². The van der Waals surface area contributed by atoms with Crippen molar-refractivity contribution in [3.8, 4) is 0 Å². The molecule has 2 heterocycles. The van der Waals surface area contributed by atoms with Crippen molar-refractivity contribution in [1.82, 2.24) is 15.4 Å². The number of anilines is 1. The maximum atomic E-state index is 12.8. The summed E-state index contributed by atoms with van der Waals surface area (Å²) in [6.45, 7) is 0. The van der Waals surface area contributed by atoms with Gasteiger partial charge in [-0.05, 0) is 48.6 Å². The van der Waals surface area contributed by atoms with Crippen molar-refractivity contribution in [2.75, 3.05) is 19.0 Å². The van der Waals surface area contributed by atoms with Gasteiger partial charge in [0.1, 0.15) is 0 Å². The summed E-state index contributed by atoms with van der Waals surface area (Å²) in [6.07, 6.45) is 6.54. The molecule has 1 aliphatic heterocycles. The fraction of sp³-hybridized carbons (Fsp3) is 0.211. The SMILES string of the molecule is CN(C)c1ccc(C(=O)c2ccc(CC3=CC=CNN3)n2C)cc1. The molecule has 2 aromatic rings. The highest BCUT2D eigenvalue weighted by Crippen LogP contribution is 2.18. The molecule has 1 aromatic carbocycles. The van der Waals surface area contributed by atoms with Crippen molar-refractivity contribution in [2.45, 2.75) is 6.42 Å². The molecule has 0 saturated carbocycles. The average molecular weight is 322 g/mol. The van der Waals surface area contributed by atoms with Crippen molar-refractivity contribution in [1.29, 1.82) is 0 Å². The van der Waals surface area contributed by atoms with E-state index in [-0.39, 0.29) is 5.78 Å². The molecule has 0 fully saturated rings. The first-order chi connectivity index (χ1) is 11.6. The number of allylic oxidation sites excluding steroid dienone is 3. The van der Waals surface area contributed by atoms with E-state index in [1.807, 2.05) is 85.4 Å². The summed E-state index contributed by atoms with van der Waals surface area (Å²) in [6, 6.07) is 11.6. The van der Waals surface area contributed by atoms with Crippen LogP contribution in [-0.2, 0) is 13.5 Å². The first-order valence-corrected chi connectivity index (χ1v) is 7.90. The first-order valence-electron chi connectivity index (χ1n) is 7.90. The summed E-state index contributed by atoms with van der Waals surface area (Å²) in [7, 11) is 5.90. The fourth-order valence-corrected chi connectivity index (χ4v) is 2.70. The average Bonchev–Trinajstić information content (AvgIpc) is 2.96. The van der Waals surface area contributed by atoms with E-state index in [9.17, 15) is 4.79 Å². The highest BCUT2D eigenvalue weighted by atomic mass is 16.1. The van der Waals surface area contributed by atoms with Gasteiger partial charge in [-0.15, -0.1) is 0 Å². The number of hydrazine groups is 1. The summed E-state index contributed by atoms with van der Waals surface area (Å²) >= 11 is 0. The second-order valence-electron chi connectivity index (χ2n) is 6.04. The lowest BCUT2D eigenvalue weighted by atomic mass is 10.1. The lowest BCUT2D eigenvalue weighted by molar-refractivity contribution is 0.103. The van der Waals surface area contributed by atoms with Gasteiger partial charge in [0.25, 0.3) is 0 Å². The summed E-state index contributed by atoms with van der Waals surface area (Å²) in [5.74, 6) is 0.0395. The minimum Gasteiger partial charge on any atom is -0.378 e. The van der Waals surface area contributed by atoms with Gasteiger partial charge in [-0.25, -0.2) is 0 Å². The Labute approximate surface area is 142 Å². The van der Waals surface area contributed by atoms with Gasteiger partial charge in [0, 0.05) is 56.4 Å². The van der Waals surface area contributed by atoms with Crippen molar-refractivity contribution < 1.29 is 4.79 Å². The van der Waals surface area contributed by atoms with Gasteiger partial charge < -0.3 is 20.3 Å². The van der Waals surface area contributed by atoms with E-state index in [1.165, 1.54) is 0 Å². The largest absolute Gasteiger partial charge is 0.378 e. The predicted molar refractivity (Wildman–Crippen MR) is 96.8 cm³/mol. The number of carbonyl (C=O) groups excluding carboxylic acids is 1. The molecule has 0 bridgehead atoms. The molecule has 1 aromatic heterocycles. The van der Waals surface area contributed by atoms with Crippen LogP contribution in [0.3, 0.4) is 0 Å². The molecule has 0 aliphatic carbocycles. The molecule has 0 atom stereocenters. The molecule has 5 heteroatoms. The molecule has 0 saturated heterocycles. The Morgan fingerprint density at radius 2 is 1.88 bits per heavy atom. The number of aromatic nitrogens is 1. The normalized spacial score (nSPS) is 13.0. The van der Waals surface area contributed by atoms with Crippen LogP contribution >= 0.6 is 0 Å². The van der Waals surface area contributed by atoms with Crippen LogP contribution in [0.2, 0.25) is 0 Å². The van der Waals surface area contributed by atoms with Crippen LogP contribution in [0, 0.1) is 0 Å². The number of ketones is 1. The second kappa shape index (κ2) is 6.66. The summed E-state index contributed by atoms with van der Waals surface area (Å²) in [4.78, 5) is 14.8. The maximum Gasteiger partial charge on any atom is 0.209 e. The van der Waals surface area contributed by atoms with Crippen LogP contribution < -0.4 is 15.8 Å². The first kappa shape index (κ1) is 15.9. The third-order valence-electron chi connectivity index (χ3n) is 4.19. The van der Waals surface area contributed by atoms with Crippen molar-refractivity contribution in [2.24, 2.45) is 7.05 Å². The molecule has 1 aliphatic rings. The van der Waals surface area contributed by atoms with Gasteiger partial charge in [0.2, 0.25) is 5.78 Å². The van der Waals surface area contributed by atoms with Gasteiger partial charge in [-0.3, -0.25) is 4.79 Å². The number of nitrogens with zero attached hydrogens (tertiary/aromatic N) is 2. The Hall–Kier alpha value is -2.95. The van der Waals surface area contributed by atoms with Crippen LogP contribution in [-0.4, -0.2) is 24.4 Å². The molecule has 0 amide bonds. The molecule has 2 N–H and O–H groups in total. The number of benzene rings is 1. The Kier molecular flexibility index (Phi) is 4.42. The van der Waals surface area contributed by atoms with Crippen LogP contribution in [0.15, 0.2) is 60.4 Å². The van der Waals surface area contributed by atoms with E-state index in [2.05, 4.69) is 10.9 Å². The lowest BCUT2D eigenvalue weighted by Gasteiger charge is -2.15. The highest BCUT2D eigenvalue weighted by molar-refractivity contribution is 6.08. The lowest BCUT2D eigenvalue weighted by Crippen LogP contribution is -2.29. The number of hydrogen-bond acceptors (Lipinski definition) is 4. The second-order valence-corrected chi connectivity index (χ2v) is 6.04. The molecule has 0 spiro atoms. The third-order valence-corrected chi connectivity index (χ3v) is 4.19. The number of hydrogen-bond donors (Lipinski definition) is 2. The number of rotatable bonds is 5. The van der Waals surface area contributed by atoms with Gasteiger partial charge >= 0.3 is 0 Å². The van der Waals surface area contributed by atoms with Crippen LogP contribution in [0.25, 0.3) is 0 Å². The van der Waals surface area contributed by atoms with E-state index in [0.29, 0.717) is 11.3 Å². The topological polar surface area (TPSA) is 49.3 Å². The molecule has 0 radical (unpaired) electrons. The minimum atomic E-state index is 0.0395. The smallest absolute Gasteiger partial charge is 0.209 e. The predicted octanol–water partition coefficient (Wildman–Crippen LogP) is 2.37. The number of carbonyl (C=O) groups is 1. The quantitative estimate of drug-likeness (QED) is 0.830. The van der Waals surface area contributed by atoms with E-state index in [0.717, 1.165) is 23.5 Å². The van der Waals surface area contributed by atoms with Gasteiger partial charge in [-0.1, -0.05) is 0 Å². The Balaban J connectivity index is 1.80. The summed E-state index contributed by atoms with van der Waals surface area (Å²) in [5, 5.41) is 0. The van der Waals surface area contributed by atoms with Crippen molar-refractivity contribution in [3.63, 3.8) is 0 Å². The molecule has 3 rings (SSSR count). The molecular formula is C19H22N4O.